The summed E-state index contributed by atoms with van der Waals surface area (Å²) in [5, 5.41) is 2.87. The highest BCUT2D eigenvalue weighted by atomic mass is 19.1. The molecule has 1 fully saturated rings. The molecule has 0 spiro atoms. The summed E-state index contributed by atoms with van der Waals surface area (Å²) in [6, 6.07) is 5.21. The van der Waals surface area contributed by atoms with Gasteiger partial charge in [-0.05, 0) is 36.6 Å². The molecule has 3 nitrogen and oxygen atoms in total. The number of nitrogens with zero attached hydrogens (tertiary/aromatic N) is 1. The van der Waals surface area contributed by atoms with Gasteiger partial charge in [0.25, 0.3) is 0 Å². The molecule has 2 aliphatic heterocycles. The molecule has 1 amide bonds. The first-order valence-corrected chi connectivity index (χ1v) is 5.56. The first-order chi connectivity index (χ1) is 7.74. The number of nitrogens with one attached hydrogen (secondary N) is 1. The van der Waals surface area contributed by atoms with Crippen LogP contribution < -0.4 is 10.2 Å². The van der Waals surface area contributed by atoms with E-state index in [1.54, 1.807) is 12.1 Å². The summed E-state index contributed by atoms with van der Waals surface area (Å²) in [7, 11) is 0. The highest BCUT2D eigenvalue weighted by Crippen LogP contribution is 2.31. The van der Waals surface area contributed by atoms with Crippen molar-refractivity contribution in [2.24, 2.45) is 0 Å². The number of hydrogen-bond acceptors (Lipinski definition) is 2. The predicted molar refractivity (Wildman–Crippen MR) is 58.9 cm³/mol. The SMILES string of the molecule is O=C1CN2c3ccc(F)cc3CCC2CN1. The van der Waals surface area contributed by atoms with Crippen LogP contribution in [0, 0.1) is 5.82 Å². The molecule has 0 bridgehead atoms. The van der Waals surface area contributed by atoms with Gasteiger partial charge in [0.15, 0.2) is 0 Å². The van der Waals surface area contributed by atoms with Crippen LogP contribution in [0.5, 0.6) is 0 Å². The Hall–Kier alpha value is -1.58. The average molecular weight is 220 g/mol. The Kier molecular flexibility index (Phi) is 2.09. The maximum atomic E-state index is 13.1. The number of carbonyl (C=O) groups excluding carboxylic acids is 1. The summed E-state index contributed by atoms with van der Waals surface area (Å²) in [5.41, 5.74) is 2.04. The van der Waals surface area contributed by atoms with Crippen molar-refractivity contribution in [2.45, 2.75) is 18.9 Å². The van der Waals surface area contributed by atoms with Crippen LogP contribution in [0.1, 0.15) is 12.0 Å². The first-order valence-electron chi connectivity index (χ1n) is 5.56. The lowest BCUT2D eigenvalue weighted by Crippen LogP contribution is -2.56. The van der Waals surface area contributed by atoms with Gasteiger partial charge in [-0.3, -0.25) is 4.79 Å². The number of rotatable bonds is 0. The topological polar surface area (TPSA) is 32.3 Å². The Morgan fingerprint density at radius 2 is 2.31 bits per heavy atom. The van der Waals surface area contributed by atoms with Crippen molar-refractivity contribution < 1.29 is 9.18 Å². The molecular weight excluding hydrogens is 207 g/mol. The van der Waals surface area contributed by atoms with E-state index in [9.17, 15) is 9.18 Å². The van der Waals surface area contributed by atoms with E-state index in [-0.39, 0.29) is 11.7 Å². The predicted octanol–water partition coefficient (Wildman–Crippen LogP) is 1.08. The summed E-state index contributed by atoms with van der Waals surface area (Å²) in [5.74, 6) is -0.146. The Bertz CT molecular complexity index is 447. The van der Waals surface area contributed by atoms with Crippen LogP contribution in [-0.4, -0.2) is 25.0 Å². The molecule has 0 aliphatic carbocycles. The number of carbonyl (C=O) groups is 1. The van der Waals surface area contributed by atoms with Crippen molar-refractivity contribution in [3.05, 3.63) is 29.6 Å². The smallest absolute Gasteiger partial charge is 0.239 e. The van der Waals surface area contributed by atoms with Gasteiger partial charge >= 0.3 is 0 Å². The molecule has 1 saturated heterocycles. The van der Waals surface area contributed by atoms with E-state index in [0.29, 0.717) is 19.1 Å². The largest absolute Gasteiger partial charge is 0.357 e. The van der Waals surface area contributed by atoms with Gasteiger partial charge in [-0.15, -0.1) is 0 Å². The fourth-order valence-electron chi connectivity index (χ4n) is 2.58. The van der Waals surface area contributed by atoms with E-state index in [1.165, 1.54) is 6.07 Å². The molecule has 1 unspecified atom stereocenters. The van der Waals surface area contributed by atoms with Crippen LogP contribution in [0.15, 0.2) is 18.2 Å². The second-order valence-electron chi connectivity index (χ2n) is 4.40. The molecule has 4 heteroatoms. The second-order valence-corrected chi connectivity index (χ2v) is 4.40. The lowest BCUT2D eigenvalue weighted by atomic mass is 9.94. The van der Waals surface area contributed by atoms with Crippen molar-refractivity contribution in [2.75, 3.05) is 18.0 Å². The Morgan fingerprint density at radius 3 is 3.19 bits per heavy atom. The van der Waals surface area contributed by atoms with E-state index in [4.69, 9.17) is 0 Å². The highest BCUT2D eigenvalue weighted by Gasteiger charge is 2.31. The molecule has 0 aromatic heterocycles. The minimum Gasteiger partial charge on any atom is -0.357 e. The minimum absolute atomic E-state index is 0.0495. The lowest BCUT2D eigenvalue weighted by Gasteiger charge is -2.41. The molecule has 3 rings (SSSR count). The third-order valence-electron chi connectivity index (χ3n) is 3.39. The lowest BCUT2D eigenvalue weighted by molar-refractivity contribution is -0.120. The van der Waals surface area contributed by atoms with Gasteiger partial charge < -0.3 is 10.2 Å². The van der Waals surface area contributed by atoms with Gasteiger partial charge in [-0.25, -0.2) is 4.39 Å². The quantitative estimate of drug-likeness (QED) is 0.709. The van der Waals surface area contributed by atoms with E-state index in [0.717, 1.165) is 24.1 Å². The van der Waals surface area contributed by atoms with Crippen LogP contribution in [-0.2, 0) is 11.2 Å². The zero-order valence-electron chi connectivity index (χ0n) is 8.87. The van der Waals surface area contributed by atoms with Crippen LogP contribution in [0.2, 0.25) is 0 Å². The Morgan fingerprint density at radius 1 is 1.44 bits per heavy atom. The minimum atomic E-state index is -0.196. The van der Waals surface area contributed by atoms with Gasteiger partial charge in [0.05, 0.1) is 6.54 Å². The normalized spacial score (nSPS) is 23.4. The van der Waals surface area contributed by atoms with Crippen LogP contribution in [0.4, 0.5) is 10.1 Å². The van der Waals surface area contributed by atoms with Crippen LogP contribution >= 0.6 is 0 Å². The van der Waals surface area contributed by atoms with Crippen molar-refractivity contribution in [1.29, 1.82) is 0 Å². The molecule has 1 N–H and O–H groups in total. The first kappa shape index (κ1) is 9.63. The molecule has 2 heterocycles. The third kappa shape index (κ3) is 1.45. The van der Waals surface area contributed by atoms with Crippen molar-refractivity contribution >= 4 is 11.6 Å². The third-order valence-corrected chi connectivity index (χ3v) is 3.39. The number of anilines is 1. The maximum absolute atomic E-state index is 13.1. The van der Waals surface area contributed by atoms with E-state index < -0.39 is 0 Å². The zero-order valence-corrected chi connectivity index (χ0v) is 8.87. The molecule has 1 aromatic rings. The molecule has 0 radical (unpaired) electrons. The summed E-state index contributed by atoms with van der Waals surface area (Å²) >= 11 is 0. The fraction of sp³-hybridized carbons (Fsp3) is 0.417. The number of aryl methyl sites for hydroxylation is 1. The monoisotopic (exact) mass is 220 g/mol. The summed E-state index contributed by atoms with van der Waals surface area (Å²) in [4.78, 5) is 13.5. The maximum Gasteiger partial charge on any atom is 0.239 e. The highest BCUT2D eigenvalue weighted by molar-refractivity contribution is 5.83. The number of piperazine rings is 1. The number of halogens is 1. The Balaban J connectivity index is 2.00. The number of amides is 1. The van der Waals surface area contributed by atoms with Crippen LogP contribution in [0.25, 0.3) is 0 Å². The van der Waals surface area contributed by atoms with Gasteiger partial charge in [0, 0.05) is 18.3 Å². The molecule has 0 saturated carbocycles. The van der Waals surface area contributed by atoms with Gasteiger partial charge in [0.2, 0.25) is 5.91 Å². The van der Waals surface area contributed by atoms with E-state index in [1.807, 2.05) is 0 Å². The number of hydrogen-bond donors (Lipinski definition) is 1. The number of fused-ring (bicyclic) bond motifs is 3. The van der Waals surface area contributed by atoms with Crippen molar-refractivity contribution in [3.8, 4) is 0 Å². The van der Waals surface area contributed by atoms with E-state index >= 15 is 0 Å². The molecule has 1 aromatic carbocycles. The number of benzene rings is 1. The summed E-state index contributed by atoms with van der Waals surface area (Å²) in [6.45, 7) is 1.10. The van der Waals surface area contributed by atoms with Crippen molar-refractivity contribution in [3.63, 3.8) is 0 Å². The Labute approximate surface area is 93.2 Å². The summed E-state index contributed by atoms with van der Waals surface area (Å²) < 4.78 is 13.1. The molecule has 84 valence electrons. The van der Waals surface area contributed by atoms with Crippen molar-refractivity contribution in [1.82, 2.24) is 5.32 Å². The van der Waals surface area contributed by atoms with Crippen LogP contribution in [0.3, 0.4) is 0 Å². The molecule has 2 aliphatic rings. The fourth-order valence-corrected chi connectivity index (χ4v) is 2.58. The van der Waals surface area contributed by atoms with Gasteiger partial charge in [-0.2, -0.15) is 0 Å². The van der Waals surface area contributed by atoms with E-state index in [2.05, 4.69) is 10.2 Å². The van der Waals surface area contributed by atoms with Gasteiger partial charge in [0.1, 0.15) is 5.82 Å². The molecule has 1 atom stereocenters. The standard InChI is InChI=1S/C12H13FN2O/c13-9-2-4-11-8(5-9)1-3-10-6-14-12(16)7-15(10)11/h2,4-5,10H,1,3,6-7H2,(H,14,16). The zero-order chi connectivity index (χ0) is 11.1. The average Bonchev–Trinajstić information content (AvgIpc) is 2.28. The second kappa shape index (κ2) is 3.47. The molecule has 16 heavy (non-hydrogen) atoms. The summed E-state index contributed by atoms with van der Waals surface area (Å²) in [6.07, 6.45) is 1.88. The van der Waals surface area contributed by atoms with Gasteiger partial charge in [-0.1, -0.05) is 0 Å². The molecular formula is C12H13FN2O.